The van der Waals surface area contributed by atoms with Crippen molar-refractivity contribution in [3.63, 3.8) is 0 Å². The summed E-state index contributed by atoms with van der Waals surface area (Å²) in [6.45, 7) is 6.02. The smallest absolute Gasteiger partial charge is 0.201 e. The van der Waals surface area contributed by atoms with Crippen molar-refractivity contribution < 1.29 is 9.53 Å². The Morgan fingerprint density at radius 3 is 2.50 bits per heavy atom. The molecule has 3 heteroatoms. The first kappa shape index (κ1) is 11.4. The maximum atomic E-state index is 12.0. The van der Waals surface area contributed by atoms with Gasteiger partial charge in [0.15, 0.2) is 0 Å². The second-order valence-electron chi connectivity index (χ2n) is 4.32. The zero-order valence-electron chi connectivity index (χ0n) is 9.03. The van der Waals surface area contributed by atoms with Crippen molar-refractivity contribution in [3.8, 4) is 0 Å². The van der Waals surface area contributed by atoms with E-state index in [1.807, 2.05) is 38.3 Å². The van der Waals surface area contributed by atoms with Gasteiger partial charge in [0.05, 0.1) is 4.88 Å². The van der Waals surface area contributed by atoms with Crippen molar-refractivity contribution >= 4 is 17.1 Å². The standard InChI is InChI=1S/C11H16O2S/c1-11(2,3)10(13-4)9(12)8-6-5-7-14-8/h5-7,10H,1-4H3. The van der Waals surface area contributed by atoms with Gasteiger partial charge in [-0.25, -0.2) is 0 Å². The average Bonchev–Trinajstić information content (AvgIpc) is 2.53. The highest BCUT2D eigenvalue weighted by molar-refractivity contribution is 7.12. The summed E-state index contributed by atoms with van der Waals surface area (Å²) in [5.74, 6) is 0.0787. The van der Waals surface area contributed by atoms with Crippen molar-refractivity contribution in [2.24, 2.45) is 5.41 Å². The molecule has 1 atom stereocenters. The summed E-state index contributed by atoms with van der Waals surface area (Å²) in [6, 6.07) is 3.72. The van der Waals surface area contributed by atoms with Crippen LogP contribution in [-0.2, 0) is 4.74 Å². The Kier molecular flexibility index (Phi) is 3.45. The molecule has 0 saturated heterocycles. The highest BCUT2D eigenvalue weighted by atomic mass is 32.1. The van der Waals surface area contributed by atoms with Crippen LogP contribution in [0, 0.1) is 5.41 Å². The fraction of sp³-hybridized carbons (Fsp3) is 0.545. The Labute approximate surface area is 88.9 Å². The molecule has 0 N–H and O–H groups in total. The van der Waals surface area contributed by atoms with Crippen molar-refractivity contribution in [3.05, 3.63) is 22.4 Å². The largest absolute Gasteiger partial charge is 0.373 e. The van der Waals surface area contributed by atoms with Crippen LogP contribution in [0.4, 0.5) is 0 Å². The molecule has 2 nitrogen and oxygen atoms in total. The van der Waals surface area contributed by atoms with Crippen LogP contribution < -0.4 is 0 Å². The highest BCUT2D eigenvalue weighted by Gasteiger charge is 2.32. The molecule has 0 bridgehead atoms. The van der Waals surface area contributed by atoms with Gasteiger partial charge in [-0.05, 0) is 16.9 Å². The quantitative estimate of drug-likeness (QED) is 0.720. The number of methoxy groups -OCH3 is 1. The zero-order chi connectivity index (χ0) is 10.8. The van der Waals surface area contributed by atoms with E-state index in [1.54, 1.807) is 7.11 Å². The first-order chi connectivity index (χ1) is 6.46. The first-order valence-corrected chi connectivity index (χ1v) is 5.45. The second kappa shape index (κ2) is 4.24. The molecule has 0 radical (unpaired) electrons. The third kappa shape index (κ3) is 2.42. The van der Waals surface area contributed by atoms with Crippen LogP contribution in [0.3, 0.4) is 0 Å². The van der Waals surface area contributed by atoms with Crippen molar-refractivity contribution in [2.75, 3.05) is 7.11 Å². The van der Waals surface area contributed by atoms with E-state index >= 15 is 0 Å². The van der Waals surface area contributed by atoms with E-state index in [0.29, 0.717) is 0 Å². The van der Waals surface area contributed by atoms with Gasteiger partial charge >= 0.3 is 0 Å². The number of thiophene rings is 1. The minimum Gasteiger partial charge on any atom is -0.373 e. The van der Waals surface area contributed by atoms with Gasteiger partial charge in [-0.1, -0.05) is 26.8 Å². The lowest BCUT2D eigenvalue weighted by Gasteiger charge is -2.27. The van der Waals surface area contributed by atoms with E-state index in [4.69, 9.17) is 4.74 Å². The van der Waals surface area contributed by atoms with E-state index in [0.717, 1.165) is 4.88 Å². The fourth-order valence-electron chi connectivity index (χ4n) is 1.40. The summed E-state index contributed by atoms with van der Waals surface area (Å²) >= 11 is 1.46. The van der Waals surface area contributed by atoms with Crippen molar-refractivity contribution in [2.45, 2.75) is 26.9 Å². The van der Waals surface area contributed by atoms with Crippen LogP contribution in [0.25, 0.3) is 0 Å². The van der Waals surface area contributed by atoms with Gasteiger partial charge in [-0.2, -0.15) is 0 Å². The molecule has 1 rings (SSSR count). The molecular weight excluding hydrogens is 196 g/mol. The summed E-state index contributed by atoms with van der Waals surface area (Å²) in [6.07, 6.45) is -0.360. The zero-order valence-corrected chi connectivity index (χ0v) is 9.85. The molecule has 78 valence electrons. The Morgan fingerprint density at radius 1 is 1.50 bits per heavy atom. The van der Waals surface area contributed by atoms with E-state index in [9.17, 15) is 4.79 Å². The molecule has 0 aliphatic heterocycles. The van der Waals surface area contributed by atoms with Gasteiger partial charge in [0.1, 0.15) is 6.10 Å². The summed E-state index contributed by atoms with van der Waals surface area (Å²) < 4.78 is 5.26. The molecule has 0 saturated carbocycles. The third-order valence-electron chi connectivity index (χ3n) is 2.02. The third-order valence-corrected chi connectivity index (χ3v) is 2.91. The van der Waals surface area contributed by atoms with Gasteiger partial charge in [-0.3, -0.25) is 4.79 Å². The number of Topliss-reactive ketones (excluding diaryl/α,β-unsaturated/α-hetero) is 1. The molecule has 14 heavy (non-hydrogen) atoms. The minimum atomic E-state index is -0.360. The van der Waals surface area contributed by atoms with Crippen LogP contribution in [0.2, 0.25) is 0 Å². The number of hydrogen-bond donors (Lipinski definition) is 0. The Morgan fingerprint density at radius 2 is 2.14 bits per heavy atom. The summed E-state index contributed by atoms with van der Waals surface area (Å²) in [7, 11) is 1.58. The number of ketones is 1. The molecular formula is C11H16O2S. The molecule has 1 unspecified atom stereocenters. The molecule has 0 aliphatic rings. The Balaban J connectivity index is 2.87. The van der Waals surface area contributed by atoms with Crippen molar-refractivity contribution in [1.82, 2.24) is 0 Å². The van der Waals surface area contributed by atoms with Gasteiger partial charge < -0.3 is 4.74 Å². The normalized spacial score (nSPS) is 14.0. The van der Waals surface area contributed by atoms with Crippen LogP contribution >= 0.6 is 11.3 Å². The minimum absolute atomic E-state index is 0.0787. The predicted molar refractivity (Wildman–Crippen MR) is 58.9 cm³/mol. The number of rotatable bonds is 3. The number of hydrogen-bond acceptors (Lipinski definition) is 3. The lowest BCUT2D eigenvalue weighted by molar-refractivity contribution is 0.0199. The summed E-state index contributed by atoms with van der Waals surface area (Å²) in [5, 5.41) is 1.91. The fourth-order valence-corrected chi connectivity index (χ4v) is 2.09. The number of ether oxygens (including phenoxy) is 1. The first-order valence-electron chi connectivity index (χ1n) is 4.57. The topological polar surface area (TPSA) is 26.3 Å². The monoisotopic (exact) mass is 212 g/mol. The van der Waals surface area contributed by atoms with Crippen LogP contribution in [0.5, 0.6) is 0 Å². The molecule has 0 amide bonds. The molecule has 0 aromatic carbocycles. The molecule has 0 fully saturated rings. The Hall–Kier alpha value is -0.670. The molecule has 1 aromatic heterocycles. The van der Waals surface area contributed by atoms with Gasteiger partial charge in [0.2, 0.25) is 5.78 Å². The maximum absolute atomic E-state index is 12.0. The van der Waals surface area contributed by atoms with Crippen LogP contribution in [0.15, 0.2) is 17.5 Å². The SMILES string of the molecule is COC(C(=O)c1cccs1)C(C)(C)C. The van der Waals surface area contributed by atoms with Crippen LogP contribution in [0.1, 0.15) is 30.4 Å². The summed E-state index contributed by atoms with van der Waals surface area (Å²) in [4.78, 5) is 12.7. The van der Waals surface area contributed by atoms with E-state index < -0.39 is 0 Å². The molecule has 1 heterocycles. The molecule has 0 aliphatic carbocycles. The maximum Gasteiger partial charge on any atom is 0.201 e. The second-order valence-corrected chi connectivity index (χ2v) is 5.27. The van der Waals surface area contributed by atoms with Gasteiger partial charge in [0, 0.05) is 7.11 Å². The van der Waals surface area contributed by atoms with E-state index in [1.165, 1.54) is 11.3 Å². The number of carbonyl (C=O) groups excluding carboxylic acids is 1. The van der Waals surface area contributed by atoms with E-state index in [-0.39, 0.29) is 17.3 Å². The molecule has 1 aromatic rings. The Bertz CT molecular complexity index is 296. The van der Waals surface area contributed by atoms with Crippen LogP contribution in [-0.4, -0.2) is 19.0 Å². The lowest BCUT2D eigenvalue weighted by Crippen LogP contribution is -2.35. The van der Waals surface area contributed by atoms with Crippen molar-refractivity contribution in [1.29, 1.82) is 0 Å². The summed E-state index contributed by atoms with van der Waals surface area (Å²) in [5.41, 5.74) is -0.157. The predicted octanol–water partition coefficient (Wildman–Crippen LogP) is 2.99. The molecule has 0 spiro atoms. The lowest BCUT2D eigenvalue weighted by atomic mass is 9.86. The highest BCUT2D eigenvalue weighted by Crippen LogP contribution is 2.26. The number of carbonyl (C=O) groups is 1. The average molecular weight is 212 g/mol. The van der Waals surface area contributed by atoms with Gasteiger partial charge in [0.25, 0.3) is 0 Å². The van der Waals surface area contributed by atoms with E-state index in [2.05, 4.69) is 0 Å². The van der Waals surface area contributed by atoms with Gasteiger partial charge in [-0.15, -0.1) is 11.3 Å².